The number of nitrogens with two attached hydrogens (primary N) is 1. The van der Waals surface area contributed by atoms with Crippen LogP contribution in [0.15, 0.2) is 4.99 Å². The Morgan fingerprint density at radius 3 is 2.00 bits per heavy atom. The van der Waals surface area contributed by atoms with Gasteiger partial charge in [-0.3, -0.25) is 4.99 Å². The average Bonchev–Trinajstić information content (AvgIpc) is 2.04. The van der Waals surface area contributed by atoms with Crippen molar-refractivity contribution in [2.24, 2.45) is 16.6 Å². The van der Waals surface area contributed by atoms with E-state index in [9.17, 15) is 0 Å². The lowest BCUT2D eigenvalue weighted by atomic mass is 9.96. The van der Waals surface area contributed by atoms with Gasteiger partial charge in [-0.25, -0.2) is 0 Å². The standard InChI is InChI=1S/C10H22N2/c1-6-10(5,7-2)12-9(11)8(3)4/h8H,6-7H2,1-5H3,(H2,11,12). The van der Waals surface area contributed by atoms with Crippen molar-refractivity contribution in [1.29, 1.82) is 0 Å². The summed E-state index contributed by atoms with van der Waals surface area (Å²) in [6, 6.07) is 0. The molecule has 0 aromatic heterocycles. The van der Waals surface area contributed by atoms with E-state index in [1.54, 1.807) is 0 Å². The lowest BCUT2D eigenvalue weighted by molar-refractivity contribution is 0.438. The highest BCUT2D eigenvalue weighted by Gasteiger charge is 2.18. The Labute approximate surface area is 76.3 Å². The maximum Gasteiger partial charge on any atom is 0.0969 e. The van der Waals surface area contributed by atoms with E-state index >= 15 is 0 Å². The van der Waals surface area contributed by atoms with E-state index in [1.165, 1.54) is 0 Å². The molecule has 72 valence electrons. The van der Waals surface area contributed by atoms with Gasteiger partial charge in [0, 0.05) is 5.92 Å². The van der Waals surface area contributed by atoms with Gasteiger partial charge in [0.1, 0.15) is 0 Å². The molecule has 0 radical (unpaired) electrons. The second kappa shape index (κ2) is 4.48. The third kappa shape index (κ3) is 3.24. The van der Waals surface area contributed by atoms with E-state index in [0.29, 0.717) is 5.92 Å². The molecule has 0 aromatic rings. The largest absolute Gasteiger partial charge is 0.387 e. The van der Waals surface area contributed by atoms with Gasteiger partial charge in [-0.15, -0.1) is 0 Å². The molecule has 2 N–H and O–H groups in total. The van der Waals surface area contributed by atoms with E-state index in [4.69, 9.17) is 5.73 Å². The molecule has 0 saturated heterocycles. The van der Waals surface area contributed by atoms with Crippen molar-refractivity contribution in [2.75, 3.05) is 0 Å². The Morgan fingerprint density at radius 2 is 1.75 bits per heavy atom. The van der Waals surface area contributed by atoms with Crippen LogP contribution < -0.4 is 5.73 Å². The van der Waals surface area contributed by atoms with Crippen LogP contribution in [0.4, 0.5) is 0 Å². The molecule has 0 rings (SSSR count). The molecular formula is C10H22N2. The van der Waals surface area contributed by atoms with Gasteiger partial charge in [0.15, 0.2) is 0 Å². The first-order valence-corrected chi connectivity index (χ1v) is 4.80. The summed E-state index contributed by atoms with van der Waals surface area (Å²) in [4.78, 5) is 4.54. The first kappa shape index (κ1) is 11.5. The van der Waals surface area contributed by atoms with Crippen LogP contribution in [-0.4, -0.2) is 11.4 Å². The van der Waals surface area contributed by atoms with Crippen LogP contribution >= 0.6 is 0 Å². The van der Waals surface area contributed by atoms with E-state index in [2.05, 4.69) is 39.6 Å². The molecule has 0 atom stereocenters. The highest BCUT2D eigenvalue weighted by atomic mass is 14.9. The summed E-state index contributed by atoms with van der Waals surface area (Å²) in [5, 5.41) is 0. The molecule has 0 unspecified atom stereocenters. The molecule has 0 aromatic carbocycles. The van der Waals surface area contributed by atoms with Crippen molar-refractivity contribution in [1.82, 2.24) is 0 Å². The molecule has 0 aliphatic heterocycles. The van der Waals surface area contributed by atoms with Gasteiger partial charge < -0.3 is 5.73 Å². The summed E-state index contributed by atoms with van der Waals surface area (Å²) >= 11 is 0. The number of aliphatic imine (C=N–C) groups is 1. The number of amidine groups is 1. The molecule has 0 aliphatic carbocycles. The fourth-order valence-electron chi connectivity index (χ4n) is 0.849. The third-order valence-corrected chi connectivity index (χ3v) is 2.51. The zero-order valence-electron chi connectivity index (χ0n) is 9.02. The maximum absolute atomic E-state index is 5.80. The van der Waals surface area contributed by atoms with Crippen molar-refractivity contribution in [3.8, 4) is 0 Å². The van der Waals surface area contributed by atoms with Crippen molar-refractivity contribution in [3.05, 3.63) is 0 Å². The Hall–Kier alpha value is -0.530. The minimum atomic E-state index is 0.0500. The first-order valence-electron chi connectivity index (χ1n) is 4.80. The van der Waals surface area contributed by atoms with Crippen LogP contribution in [-0.2, 0) is 0 Å². The molecule has 0 fully saturated rings. The first-order chi connectivity index (χ1) is 5.45. The fourth-order valence-corrected chi connectivity index (χ4v) is 0.849. The molecule has 2 nitrogen and oxygen atoms in total. The predicted octanol–water partition coefficient (Wildman–Crippen LogP) is 2.58. The quantitative estimate of drug-likeness (QED) is 0.511. The summed E-state index contributed by atoms with van der Waals surface area (Å²) in [5.41, 5.74) is 5.85. The second-order valence-corrected chi connectivity index (χ2v) is 3.90. The molecular weight excluding hydrogens is 148 g/mol. The van der Waals surface area contributed by atoms with Gasteiger partial charge in [-0.05, 0) is 19.8 Å². The normalized spacial score (nSPS) is 14.0. The summed E-state index contributed by atoms with van der Waals surface area (Å²) in [7, 11) is 0. The Balaban J connectivity index is 4.46. The summed E-state index contributed by atoms with van der Waals surface area (Å²) < 4.78 is 0. The van der Waals surface area contributed by atoms with E-state index < -0.39 is 0 Å². The Bertz CT molecular complexity index is 155. The maximum atomic E-state index is 5.80. The van der Waals surface area contributed by atoms with Gasteiger partial charge in [0.2, 0.25) is 0 Å². The SMILES string of the molecule is CCC(C)(CC)N=C(N)C(C)C. The number of hydrogen-bond donors (Lipinski definition) is 1. The van der Waals surface area contributed by atoms with Crippen LogP contribution in [0.3, 0.4) is 0 Å². The minimum Gasteiger partial charge on any atom is -0.387 e. The van der Waals surface area contributed by atoms with Crippen molar-refractivity contribution in [2.45, 2.75) is 53.0 Å². The smallest absolute Gasteiger partial charge is 0.0969 e. The molecule has 12 heavy (non-hydrogen) atoms. The van der Waals surface area contributed by atoms with Crippen LogP contribution in [0.2, 0.25) is 0 Å². The minimum absolute atomic E-state index is 0.0500. The monoisotopic (exact) mass is 170 g/mol. The summed E-state index contributed by atoms with van der Waals surface area (Å²) in [6.07, 6.45) is 2.10. The topological polar surface area (TPSA) is 38.4 Å². The van der Waals surface area contributed by atoms with Gasteiger partial charge in [-0.2, -0.15) is 0 Å². The van der Waals surface area contributed by atoms with Crippen molar-refractivity contribution in [3.63, 3.8) is 0 Å². The predicted molar refractivity (Wildman–Crippen MR) is 55.4 cm³/mol. The Kier molecular flexibility index (Phi) is 4.29. The van der Waals surface area contributed by atoms with Crippen molar-refractivity contribution >= 4 is 5.84 Å². The number of rotatable bonds is 4. The number of nitrogens with zero attached hydrogens (tertiary/aromatic N) is 1. The van der Waals surface area contributed by atoms with Crippen LogP contribution in [0.5, 0.6) is 0 Å². The molecule has 0 saturated carbocycles. The fraction of sp³-hybridized carbons (Fsp3) is 0.900. The van der Waals surface area contributed by atoms with E-state index in [0.717, 1.165) is 18.7 Å². The van der Waals surface area contributed by atoms with Crippen LogP contribution in [0.1, 0.15) is 47.5 Å². The van der Waals surface area contributed by atoms with Crippen LogP contribution in [0.25, 0.3) is 0 Å². The molecule has 0 bridgehead atoms. The molecule has 0 amide bonds. The highest BCUT2D eigenvalue weighted by molar-refractivity contribution is 5.82. The lowest BCUT2D eigenvalue weighted by Crippen LogP contribution is -2.28. The summed E-state index contributed by atoms with van der Waals surface area (Å²) in [6.45, 7) is 10.6. The molecule has 0 heterocycles. The zero-order valence-corrected chi connectivity index (χ0v) is 9.02. The lowest BCUT2D eigenvalue weighted by Gasteiger charge is -2.23. The van der Waals surface area contributed by atoms with Crippen LogP contribution in [0, 0.1) is 5.92 Å². The van der Waals surface area contributed by atoms with Gasteiger partial charge in [0.05, 0.1) is 11.4 Å². The summed E-state index contributed by atoms with van der Waals surface area (Å²) in [5.74, 6) is 1.14. The van der Waals surface area contributed by atoms with Gasteiger partial charge in [-0.1, -0.05) is 27.7 Å². The molecule has 2 heteroatoms. The molecule has 0 aliphatic rings. The molecule has 0 spiro atoms. The number of hydrogen-bond acceptors (Lipinski definition) is 1. The van der Waals surface area contributed by atoms with E-state index in [1.807, 2.05) is 0 Å². The van der Waals surface area contributed by atoms with Crippen molar-refractivity contribution < 1.29 is 0 Å². The Morgan fingerprint density at radius 1 is 1.33 bits per heavy atom. The zero-order chi connectivity index (χ0) is 9.78. The third-order valence-electron chi connectivity index (χ3n) is 2.51. The average molecular weight is 170 g/mol. The second-order valence-electron chi connectivity index (χ2n) is 3.90. The van der Waals surface area contributed by atoms with Gasteiger partial charge in [0.25, 0.3) is 0 Å². The van der Waals surface area contributed by atoms with E-state index in [-0.39, 0.29) is 5.54 Å². The van der Waals surface area contributed by atoms with Gasteiger partial charge >= 0.3 is 0 Å². The highest BCUT2D eigenvalue weighted by Crippen LogP contribution is 2.19.